The minimum absolute atomic E-state index is 1.04. The van der Waals surface area contributed by atoms with Crippen LogP contribution in [0.5, 0.6) is 0 Å². The number of hydrogen-bond acceptors (Lipinski definition) is 0. The minimum atomic E-state index is -1.04. The summed E-state index contributed by atoms with van der Waals surface area (Å²) in [7, 11) is 1.20. The normalized spacial score (nSPS) is 14.2. The van der Waals surface area contributed by atoms with Crippen LogP contribution < -0.4 is 4.90 Å². The molecule has 0 saturated carbocycles. The molecule has 0 aliphatic carbocycles. The van der Waals surface area contributed by atoms with Crippen molar-refractivity contribution in [2.75, 3.05) is 13.6 Å². The lowest BCUT2D eigenvalue weighted by Crippen LogP contribution is -3.03. The third-order valence-electron chi connectivity index (χ3n) is 2.88. The fourth-order valence-electron chi connectivity index (χ4n) is 1.99. The van der Waals surface area contributed by atoms with Crippen molar-refractivity contribution >= 4 is 13.8 Å². The second kappa shape index (κ2) is 5.65. The zero-order chi connectivity index (χ0) is 13.1. The maximum atomic E-state index is 2.43. The number of hydrogen-bond donors (Lipinski definition) is 1. The Morgan fingerprint density at radius 2 is 1.82 bits per heavy atom. The molecule has 0 aliphatic heterocycles. The van der Waals surface area contributed by atoms with Gasteiger partial charge in [0.25, 0.3) is 0 Å². The number of aryl methyl sites for hydroxylation is 2. The van der Waals surface area contributed by atoms with Gasteiger partial charge in [-0.3, -0.25) is 0 Å². The highest BCUT2D eigenvalue weighted by atomic mass is 28.3. The smallest absolute Gasteiger partial charge is 0.134 e. The minimum Gasteiger partial charge on any atom is -0.301 e. The van der Waals surface area contributed by atoms with E-state index >= 15 is 0 Å². The fourth-order valence-corrected chi connectivity index (χ4v) is 2.82. The highest BCUT2D eigenvalue weighted by molar-refractivity contribution is 6.80. The largest absolute Gasteiger partial charge is 0.301 e. The van der Waals surface area contributed by atoms with E-state index in [2.05, 4.69) is 70.5 Å². The summed E-state index contributed by atoms with van der Waals surface area (Å²) in [4.78, 5) is 1.47. The Labute approximate surface area is 107 Å². The molecule has 2 heteroatoms. The molecule has 1 atom stereocenters. The molecule has 0 amide bonds. The van der Waals surface area contributed by atoms with Gasteiger partial charge in [0.2, 0.25) is 0 Å². The summed E-state index contributed by atoms with van der Waals surface area (Å²) in [5.74, 6) is 0. The number of benzene rings is 1. The van der Waals surface area contributed by atoms with E-state index in [0.717, 1.165) is 6.54 Å². The average Bonchev–Trinajstić information content (AvgIpc) is 2.15. The molecule has 1 unspecified atom stereocenters. The van der Waals surface area contributed by atoms with Crippen molar-refractivity contribution in [3.63, 3.8) is 0 Å². The number of nitrogens with one attached hydrogen (secondary N) is 1. The Morgan fingerprint density at radius 3 is 2.35 bits per heavy atom. The zero-order valence-electron chi connectivity index (χ0n) is 12.1. The monoisotopic (exact) mass is 248 g/mol. The first kappa shape index (κ1) is 14.2. The Kier molecular flexibility index (Phi) is 4.72. The van der Waals surface area contributed by atoms with Gasteiger partial charge in [0.1, 0.15) is 5.69 Å². The van der Waals surface area contributed by atoms with Gasteiger partial charge in [-0.25, -0.2) is 0 Å². The van der Waals surface area contributed by atoms with Crippen LogP contribution in [0.1, 0.15) is 11.1 Å². The van der Waals surface area contributed by atoms with Gasteiger partial charge < -0.3 is 4.90 Å². The van der Waals surface area contributed by atoms with Crippen molar-refractivity contribution in [2.45, 2.75) is 33.5 Å². The van der Waals surface area contributed by atoms with Gasteiger partial charge in [0.15, 0.2) is 0 Å². The molecule has 0 aromatic heterocycles. The van der Waals surface area contributed by atoms with Crippen LogP contribution in [0.2, 0.25) is 19.6 Å². The van der Waals surface area contributed by atoms with Crippen LogP contribution in [0.3, 0.4) is 0 Å². The second-order valence-electron chi connectivity index (χ2n) is 6.07. The Bertz CT molecular complexity index is 402. The third-order valence-corrected chi connectivity index (χ3v) is 4.12. The van der Waals surface area contributed by atoms with Crippen LogP contribution in [0, 0.1) is 13.8 Å². The quantitative estimate of drug-likeness (QED) is 0.782. The molecule has 0 radical (unpaired) electrons. The Morgan fingerprint density at radius 1 is 1.18 bits per heavy atom. The van der Waals surface area contributed by atoms with E-state index in [1.54, 1.807) is 0 Å². The van der Waals surface area contributed by atoms with Crippen LogP contribution in [-0.4, -0.2) is 21.7 Å². The van der Waals surface area contributed by atoms with Crippen LogP contribution in [0.25, 0.3) is 0 Å². The topological polar surface area (TPSA) is 4.44 Å². The standard InChI is InChI=1S/C15H25NSi/c1-13-8-9-15(14(2)12-13)16(3)10-7-11-17(4,5)6/h7-9,11-12H,10H2,1-6H3/p+1/b11-7+. The first-order valence-electron chi connectivity index (χ1n) is 6.37. The molecule has 1 rings (SSSR count). The Balaban J connectivity index is 2.70. The van der Waals surface area contributed by atoms with E-state index < -0.39 is 8.07 Å². The van der Waals surface area contributed by atoms with E-state index in [4.69, 9.17) is 0 Å². The van der Waals surface area contributed by atoms with Crippen molar-refractivity contribution in [3.05, 3.63) is 41.1 Å². The number of rotatable bonds is 4. The van der Waals surface area contributed by atoms with Crippen molar-refractivity contribution < 1.29 is 4.90 Å². The van der Waals surface area contributed by atoms with Crippen molar-refractivity contribution in [3.8, 4) is 0 Å². The molecule has 1 aromatic rings. The lowest BCUT2D eigenvalue weighted by Gasteiger charge is -2.15. The molecular weight excluding hydrogens is 222 g/mol. The molecule has 94 valence electrons. The second-order valence-corrected chi connectivity index (χ2v) is 11.1. The molecule has 0 heterocycles. The van der Waals surface area contributed by atoms with Gasteiger partial charge in [0.05, 0.1) is 21.7 Å². The molecule has 0 aliphatic rings. The molecule has 0 bridgehead atoms. The molecule has 0 spiro atoms. The van der Waals surface area contributed by atoms with Crippen LogP contribution in [-0.2, 0) is 0 Å². The first-order chi connectivity index (χ1) is 7.79. The molecule has 1 aromatic carbocycles. The van der Waals surface area contributed by atoms with Crippen LogP contribution in [0.4, 0.5) is 5.69 Å². The third kappa shape index (κ3) is 4.88. The van der Waals surface area contributed by atoms with E-state index in [-0.39, 0.29) is 0 Å². The maximum Gasteiger partial charge on any atom is 0.134 e. The molecule has 17 heavy (non-hydrogen) atoms. The van der Waals surface area contributed by atoms with E-state index in [1.807, 2.05) is 0 Å². The summed E-state index contributed by atoms with van der Waals surface area (Å²) in [5, 5.41) is 0. The summed E-state index contributed by atoms with van der Waals surface area (Å²) >= 11 is 0. The molecular formula is C15H26NSi+. The van der Waals surface area contributed by atoms with Crippen LogP contribution >= 0.6 is 0 Å². The lowest BCUT2D eigenvalue weighted by molar-refractivity contribution is -0.803. The van der Waals surface area contributed by atoms with Crippen LogP contribution in [0.15, 0.2) is 30.0 Å². The number of quaternary nitrogens is 1. The van der Waals surface area contributed by atoms with Crippen molar-refractivity contribution in [1.29, 1.82) is 0 Å². The SMILES string of the molecule is Cc1ccc([NH+](C)C/C=C/[Si](C)(C)C)c(C)c1. The maximum absolute atomic E-state index is 2.43. The van der Waals surface area contributed by atoms with E-state index in [1.165, 1.54) is 21.7 Å². The summed E-state index contributed by atoms with van der Waals surface area (Å²) in [5.41, 5.74) is 6.58. The lowest BCUT2D eigenvalue weighted by atomic mass is 10.1. The van der Waals surface area contributed by atoms with Crippen molar-refractivity contribution in [1.82, 2.24) is 0 Å². The molecule has 1 nitrogen and oxygen atoms in total. The van der Waals surface area contributed by atoms with Crippen molar-refractivity contribution in [2.24, 2.45) is 0 Å². The summed E-state index contributed by atoms with van der Waals surface area (Å²) in [6.45, 7) is 12.5. The Hall–Kier alpha value is -0.863. The van der Waals surface area contributed by atoms with E-state index in [0.29, 0.717) is 0 Å². The fraction of sp³-hybridized carbons (Fsp3) is 0.467. The molecule has 1 N–H and O–H groups in total. The summed E-state index contributed by atoms with van der Waals surface area (Å²) in [6.07, 6.45) is 2.35. The molecule has 0 saturated heterocycles. The number of likely N-dealkylation sites (N-methyl/N-ethyl adjacent to an activating group) is 1. The molecule has 0 fully saturated rings. The van der Waals surface area contributed by atoms with Gasteiger partial charge in [-0.05, 0) is 26.0 Å². The predicted molar refractivity (Wildman–Crippen MR) is 79.8 cm³/mol. The first-order valence-corrected chi connectivity index (χ1v) is 9.95. The van der Waals surface area contributed by atoms with Gasteiger partial charge in [0, 0.05) is 5.56 Å². The van der Waals surface area contributed by atoms with Gasteiger partial charge >= 0.3 is 0 Å². The van der Waals surface area contributed by atoms with Gasteiger partial charge in [-0.1, -0.05) is 43.0 Å². The van der Waals surface area contributed by atoms with Gasteiger partial charge in [-0.15, -0.1) is 0 Å². The predicted octanol–water partition coefficient (Wildman–Crippen LogP) is 2.88. The summed E-state index contributed by atoms with van der Waals surface area (Å²) < 4.78 is 0. The zero-order valence-corrected chi connectivity index (χ0v) is 13.1. The highest BCUT2D eigenvalue weighted by Crippen LogP contribution is 2.11. The van der Waals surface area contributed by atoms with Gasteiger partial charge in [-0.2, -0.15) is 0 Å². The highest BCUT2D eigenvalue weighted by Gasteiger charge is 2.10. The van der Waals surface area contributed by atoms with E-state index in [9.17, 15) is 0 Å². The average molecular weight is 248 g/mol. The summed E-state index contributed by atoms with van der Waals surface area (Å²) in [6, 6.07) is 6.72.